The average Bonchev–Trinajstić information content (AvgIpc) is 2.93. The van der Waals surface area contributed by atoms with Gasteiger partial charge in [-0.3, -0.25) is 4.79 Å². The quantitative estimate of drug-likeness (QED) is 0.942. The van der Waals surface area contributed by atoms with E-state index in [1.807, 2.05) is 41.8 Å². The van der Waals surface area contributed by atoms with Gasteiger partial charge in [0.15, 0.2) is 0 Å². The molecule has 0 saturated carbocycles. The van der Waals surface area contributed by atoms with Crippen LogP contribution in [0.5, 0.6) is 0 Å². The molecule has 1 amide bonds. The van der Waals surface area contributed by atoms with Crippen molar-refractivity contribution < 1.29 is 4.79 Å². The number of carbonyl (C=O) groups excluding carboxylic acids is 1. The van der Waals surface area contributed by atoms with Crippen molar-refractivity contribution >= 4 is 28.8 Å². The number of nitrogens with two attached hydrogens (primary N) is 1. The van der Waals surface area contributed by atoms with Crippen molar-refractivity contribution in [2.45, 2.75) is 12.6 Å². The molecule has 0 fully saturated rings. The molecule has 5 heteroatoms. The molecule has 0 aliphatic rings. The van der Waals surface area contributed by atoms with Crippen molar-refractivity contribution in [2.75, 3.05) is 7.05 Å². The van der Waals surface area contributed by atoms with Crippen molar-refractivity contribution in [3.63, 3.8) is 0 Å². The fourth-order valence-corrected chi connectivity index (χ4v) is 2.61. The summed E-state index contributed by atoms with van der Waals surface area (Å²) in [5, 5.41) is 2.61. The van der Waals surface area contributed by atoms with Crippen LogP contribution in [0.2, 0.25) is 5.02 Å². The molecule has 0 spiro atoms. The van der Waals surface area contributed by atoms with Gasteiger partial charge >= 0.3 is 0 Å². The molecule has 1 atom stereocenters. The van der Waals surface area contributed by atoms with Crippen LogP contribution in [0, 0.1) is 0 Å². The molecule has 2 N–H and O–H groups in total. The Morgan fingerprint density at radius 1 is 1.37 bits per heavy atom. The number of hydrogen-bond donors (Lipinski definition) is 1. The predicted molar refractivity (Wildman–Crippen MR) is 79.2 cm³/mol. The predicted octanol–water partition coefficient (Wildman–Crippen LogP) is 3.06. The number of likely N-dealkylation sites (N-methyl/N-ethyl adjacent to an activating group) is 1. The Kier molecular flexibility index (Phi) is 4.58. The van der Waals surface area contributed by atoms with Crippen LogP contribution in [0.15, 0.2) is 41.8 Å². The summed E-state index contributed by atoms with van der Waals surface area (Å²) in [7, 11) is 1.75. The summed E-state index contributed by atoms with van der Waals surface area (Å²) < 4.78 is 0. The summed E-state index contributed by atoms with van der Waals surface area (Å²) in [5.41, 5.74) is 6.99. The van der Waals surface area contributed by atoms with Gasteiger partial charge in [0.25, 0.3) is 0 Å². The maximum absolute atomic E-state index is 12.2. The Labute approximate surface area is 121 Å². The van der Waals surface area contributed by atoms with Gasteiger partial charge in [-0.15, -0.1) is 11.3 Å². The Balaban J connectivity index is 2.01. The van der Waals surface area contributed by atoms with Crippen molar-refractivity contribution in [1.29, 1.82) is 0 Å². The molecule has 3 nitrogen and oxygen atoms in total. The monoisotopic (exact) mass is 294 g/mol. The smallest absolute Gasteiger partial charge is 0.244 e. The molecule has 0 bridgehead atoms. The van der Waals surface area contributed by atoms with Crippen LogP contribution >= 0.6 is 22.9 Å². The number of nitrogens with zero attached hydrogens (tertiary/aromatic N) is 1. The van der Waals surface area contributed by atoms with Crippen LogP contribution in [0.3, 0.4) is 0 Å². The van der Waals surface area contributed by atoms with Crippen LogP contribution in [0.1, 0.15) is 16.5 Å². The SMILES string of the molecule is CN(Cc1ccc(Cl)cc1)C(=O)C(N)c1cccs1. The summed E-state index contributed by atoms with van der Waals surface area (Å²) in [5.74, 6) is -0.0857. The first-order valence-electron chi connectivity index (χ1n) is 5.86. The molecule has 0 saturated heterocycles. The molecule has 0 aliphatic heterocycles. The van der Waals surface area contributed by atoms with E-state index in [9.17, 15) is 4.79 Å². The normalized spacial score (nSPS) is 12.2. The molecule has 1 unspecified atom stereocenters. The zero-order valence-corrected chi connectivity index (χ0v) is 12.1. The second-order valence-corrected chi connectivity index (χ2v) is 5.73. The van der Waals surface area contributed by atoms with Crippen LogP contribution < -0.4 is 5.73 Å². The molecule has 2 rings (SSSR count). The molecule has 1 aromatic heterocycles. The summed E-state index contributed by atoms with van der Waals surface area (Å²) >= 11 is 7.32. The number of benzene rings is 1. The van der Waals surface area contributed by atoms with Gasteiger partial charge in [0.2, 0.25) is 5.91 Å². The van der Waals surface area contributed by atoms with Crippen LogP contribution in [-0.4, -0.2) is 17.9 Å². The number of halogens is 1. The molecular weight excluding hydrogens is 280 g/mol. The number of thiophene rings is 1. The maximum atomic E-state index is 12.2. The third kappa shape index (κ3) is 3.56. The third-order valence-corrected chi connectivity index (χ3v) is 4.03. The Morgan fingerprint density at radius 2 is 2.05 bits per heavy atom. The fourth-order valence-electron chi connectivity index (χ4n) is 1.77. The van der Waals surface area contributed by atoms with Gasteiger partial charge in [0.05, 0.1) is 0 Å². The zero-order valence-electron chi connectivity index (χ0n) is 10.5. The zero-order chi connectivity index (χ0) is 13.8. The second kappa shape index (κ2) is 6.19. The standard InChI is InChI=1S/C14H15ClN2OS/c1-17(9-10-4-6-11(15)7-5-10)14(18)13(16)12-3-2-8-19-12/h2-8,13H,9,16H2,1H3. The average molecular weight is 295 g/mol. The Bertz CT molecular complexity index is 539. The minimum absolute atomic E-state index is 0.0857. The fraction of sp³-hybridized carbons (Fsp3) is 0.214. The topological polar surface area (TPSA) is 46.3 Å². The highest BCUT2D eigenvalue weighted by molar-refractivity contribution is 7.10. The van der Waals surface area contributed by atoms with Crippen molar-refractivity contribution in [3.05, 3.63) is 57.2 Å². The van der Waals surface area contributed by atoms with E-state index < -0.39 is 6.04 Å². The van der Waals surface area contributed by atoms with Crippen molar-refractivity contribution in [1.82, 2.24) is 4.90 Å². The second-order valence-electron chi connectivity index (χ2n) is 4.31. The third-order valence-electron chi connectivity index (χ3n) is 2.82. The van der Waals surface area contributed by atoms with E-state index in [0.29, 0.717) is 11.6 Å². The highest BCUT2D eigenvalue weighted by Crippen LogP contribution is 2.19. The summed E-state index contributed by atoms with van der Waals surface area (Å²) in [6, 6.07) is 10.6. The van der Waals surface area contributed by atoms with E-state index in [4.69, 9.17) is 17.3 Å². The van der Waals surface area contributed by atoms with Gasteiger partial charge < -0.3 is 10.6 Å². The highest BCUT2D eigenvalue weighted by atomic mass is 35.5. The molecule has 19 heavy (non-hydrogen) atoms. The summed E-state index contributed by atoms with van der Waals surface area (Å²) in [6.07, 6.45) is 0. The van der Waals surface area contributed by atoms with Crippen LogP contribution in [-0.2, 0) is 11.3 Å². The van der Waals surface area contributed by atoms with Gasteiger partial charge in [-0.05, 0) is 29.1 Å². The van der Waals surface area contributed by atoms with Gasteiger partial charge in [-0.1, -0.05) is 29.8 Å². The first-order chi connectivity index (χ1) is 9.08. The van der Waals surface area contributed by atoms with E-state index in [2.05, 4.69) is 0 Å². The Hall–Kier alpha value is -1.36. The van der Waals surface area contributed by atoms with Gasteiger partial charge in [0.1, 0.15) is 6.04 Å². The lowest BCUT2D eigenvalue weighted by atomic mass is 10.2. The van der Waals surface area contributed by atoms with Gasteiger partial charge in [-0.25, -0.2) is 0 Å². The van der Waals surface area contributed by atoms with Crippen LogP contribution in [0.25, 0.3) is 0 Å². The molecule has 100 valence electrons. The highest BCUT2D eigenvalue weighted by Gasteiger charge is 2.20. The van der Waals surface area contributed by atoms with E-state index in [1.165, 1.54) is 11.3 Å². The van der Waals surface area contributed by atoms with E-state index >= 15 is 0 Å². The van der Waals surface area contributed by atoms with E-state index in [1.54, 1.807) is 11.9 Å². The Morgan fingerprint density at radius 3 is 2.63 bits per heavy atom. The molecule has 1 heterocycles. The van der Waals surface area contributed by atoms with Crippen molar-refractivity contribution in [3.8, 4) is 0 Å². The lowest BCUT2D eigenvalue weighted by molar-refractivity contribution is -0.131. The van der Waals surface area contributed by atoms with E-state index in [0.717, 1.165) is 10.4 Å². The molecule has 0 radical (unpaired) electrons. The summed E-state index contributed by atoms with van der Waals surface area (Å²) in [6.45, 7) is 0.523. The molecule has 2 aromatic rings. The van der Waals surface area contributed by atoms with Crippen molar-refractivity contribution in [2.24, 2.45) is 5.73 Å². The van der Waals surface area contributed by atoms with Gasteiger partial charge in [0, 0.05) is 23.5 Å². The molecule has 1 aromatic carbocycles. The first-order valence-corrected chi connectivity index (χ1v) is 7.12. The number of amides is 1. The molecular formula is C14H15ClN2OS. The van der Waals surface area contributed by atoms with Gasteiger partial charge in [-0.2, -0.15) is 0 Å². The minimum Gasteiger partial charge on any atom is -0.340 e. The number of hydrogen-bond acceptors (Lipinski definition) is 3. The minimum atomic E-state index is -0.586. The number of rotatable bonds is 4. The lowest BCUT2D eigenvalue weighted by Crippen LogP contribution is -2.35. The number of carbonyl (C=O) groups is 1. The first kappa shape index (κ1) is 14.1. The lowest BCUT2D eigenvalue weighted by Gasteiger charge is -2.20. The molecule has 0 aliphatic carbocycles. The largest absolute Gasteiger partial charge is 0.340 e. The van der Waals surface area contributed by atoms with E-state index in [-0.39, 0.29) is 5.91 Å². The summed E-state index contributed by atoms with van der Waals surface area (Å²) in [4.78, 5) is 14.7. The maximum Gasteiger partial charge on any atom is 0.244 e. The van der Waals surface area contributed by atoms with Crippen LogP contribution in [0.4, 0.5) is 0 Å².